The lowest BCUT2D eigenvalue weighted by Gasteiger charge is -2.11. The van der Waals surface area contributed by atoms with Gasteiger partial charge in [-0.25, -0.2) is 4.98 Å². The van der Waals surface area contributed by atoms with Crippen molar-refractivity contribution in [3.63, 3.8) is 0 Å². The van der Waals surface area contributed by atoms with Crippen molar-refractivity contribution in [2.75, 3.05) is 0 Å². The maximum Gasteiger partial charge on any atom is 0.109 e. The predicted octanol–water partition coefficient (Wildman–Crippen LogP) is 2.34. The Bertz CT molecular complexity index is 471. The van der Waals surface area contributed by atoms with Crippen LogP contribution in [0.25, 0.3) is 11.0 Å². The first-order valence-electron chi connectivity index (χ1n) is 5.92. The molecule has 0 amide bonds. The minimum Gasteiger partial charge on any atom is -0.326 e. The van der Waals surface area contributed by atoms with Crippen LogP contribution in [0, 0.1) is 0 Å². The van der Waals surface area contributed by atoms with E-state index < -0.39 is 0 Å². The second-order valence-electron chi connectivity index (χ2n) is 4.35. The summed E-state index contributed by atoms with van der Waals surface area (Å²) in [6.07, 6.45) is 2.13. The second kappa shape index (κ2) is 4.66. The molecule has 1 atom stereocenters. The molecule has 0 aliphatic rings. The predicted molar refractivity (Wildman–Crippen MR) is 67.4 cm³/mol. The van der Waals surface area contributed by atoms with Crippen LogP contribution < -0.4 is 5.73 Å². The first-order valence-corrected chi connectivity index (χ1v) is 5.92. The number of hydrogen-bond donors (Lipinski definition) is 1. The molecule has 0 spiro atoms. The molecule has 2 aromatic rings. The van der Waals surface area contributed by atoms with Crippen molar-refractivity contribution in [2.45, 2.75) is 39.3 Å². The van der Waals surface area contributed by atoms with Gasteiger partial charge in [0, 0.05) is 19.0 Å². The van der Waals surface area contributed by atoms with Crippen LogP contribution in [0.4, 0.5) is 0 Å². The van der Waals surface area contributed by atoms with Crippen LogP contribution in [-0.4, -0.2) is 15.6 Å². The molecule has 1 aromatic carbocycles. The molecular weight excluding hydrogens is 198 g/mol. The molecule has 16 heavy (non-hydrogen) atoms. The minimum absolute atomic E-state index is 0.160. The summed E-state index contributed by atoms with van der Waals surface area (Å²) < 4.78 is 2.25. The van der Waals surface area contributed by atoms with Gasteiger partial charge in [0.25, 0.3) is 0 Å². The molecule has 1 aromatic heterocycles. The lowest BCUT2D eigenvalue weighted by atomic mass is 10.3. The fourth-order valence-corrected chi connectivity index (χ4v) is 2.03. The Balaban J connectivity index is 2.50. The molecule has 0 bridgehead atoms. The second-order valence-corrected chi connectivity index (χ2v) is 4.35. The number of rotatable bonds is 4. The van der Waals surface area contributed by atoms with Gasteiger partial charge in [0.2, 0.25) is 0 Å². The molecule has 86 valence electrons. The van der Waals surface area contributed by atoms with Gasteiger partial charge in [-0.1, -0.05) is 19.1 Å². The highest BCUT2D eigenvalue weighted by atomic mass is 15.1. The molecule has 0 aliphatic carbocycles. The maximum atomic E-state index is 5.89. The van der Waals surface area contributed by atoms with Gasteiger partial charge in [0.05, 0.1) is 11.0 Å². The Kier molecular flexibility index (Phi) is 3.25. The fourth-order valence-electron chi connectivity index (χ4n) is 2.03. The SMILES string of the molecule is CCCc1nc2ccccc2n1C[C@@H](C)N. The Morgan fingerprint density at radius 2 is 2.12 bits per heavy atom. The summed E-state index contributed by atoms with van der Waals surface area (Å²) in [5.41, 5.74) is 8.16. The summed E-state index contributed by atoms with van der Waals surface area (Å²) >= 11 is 0. The molecule has 0 radical (unpaired) electrons. The van der Waals surface area contributed by atoms with Crippen LogP contribution in [0.2, 0.25) is 0 Å². The third kappa shape index (κ3) is 2.09. The largest absolute Gasteiger partial charge is 0.326 e. The third-order valence-electron chi connectivity index (χ3n) is 2.68. The summed E-state index contributed by atoms with van der Waals surface area (Å²) in [4.78, 5) is 4.66. The molecule has 2 rings (SSSR count). The number of imidazole rings is 1. The highest BCUT2D eigenvalue weighted by Gasteiger charge is 2.10. The molecule has 0 saturated heterocycles. The lowest BCUT2D eigenvalue weighted by molar-refractivity contribution is 0.575. The lowest BCUT2D eigenvalue weighted by Crippen LogP contribution is -2.23. The summed E-state index contributed by atoms with van der Waals surface area (Å²) in [6.45, 7) is 5.05. The quantitative estimate of drug-likeness (QED) is 0.854. The summed E-state index contributed by atoms with van der Waals surface area (Å²) in [7, 11) is 0. The Labute approximate surface area is 96.3 Å². The zero-order valence-electron chi connectivity index (χ0n) is 9.98. The van der Waals surface area contributed by atoms with E-state index in [0.717, 1.165) is 30.7 Å². The van der Waals surface area contributed by atoms with Crippen molar-refractivity contribution in [3.05, 3.63) is 30.1 Å². The third-order valence-corrected chi connectivity index (χ3v) is 2.68. The van der Waals surface area contributed by atoms with Crippen molar-refractivity contribution in [1.82, 2.24) is 9.55 Å². The van der Waals surface area contributed by atoms with E-state index in [1.165, 1.54) is 5.52 Å². The monoisotopic (exact) mass is 217 g/mol. The number of nitrogens with two attached hydrogens (primary N) is 1. The normalized spacial score (nSPS) is 13.2. The van der Waals surface area contributed by atoms with E-state index in [1.54, 1.807) is 0 Å². The van der Waals surface area contributed by atoms with E-state index in [2.05, 4.69) is 34.7 Å². The highest BCUT2D eigenvalue weighted by Crippen LogP contribution is 2.17. The maximum absolute atomic E-state index is 5.89. The van der Waals surface area contributed by atoms with Crippen LogP contribution >= 0.6 is 0 Å². The molecule has 0 saturated carbocycles. The Hall–Kier alpha value is -1.35. The van der Waals surface area contributed by atoms with E-state index >= 15 is 0 Å². The molecule has 3 heteroatoms. The zero-order chi connectivity index (χ0) is 11.5. The van der Waals surface area contributed by atoms with Gasteiger partial charge in [-0.2, -0.15) is 0 Å². The summed E-state index contributed by atoms with van der Waals surface area (Å²) in [5, 5.41) is 0. The van der Waals surface area contributed by atoms with Crippen molar-refractivity contribution in [2.24, 2.45) is 5.73 Å². The minimum atomic E-state index is 0.160. The number of aromatic nitrogens is 2. The van der Waals surface area contributed by atoms with Gasteiger partial charge in [0.15, 0.2) is 0 Å². The molecule has 0 unspecified atom stereocenters. The fraction of sp³-hybridized carbons (Fsp3) is 0.462. The van der Waals surface area contributed by atoms with E-state index in [0.29, 0.717) is 0 Å². The molecule has 2 N–H and O–H groups in total. The molecule has 0 aliphatic heterocycles. The van der Waals surface area contributed by atoms with Crippen LogP contribution in [0.3, 0.4) is 0 Å². The van der Waals surface area contributed by atoms with Crippen LogP contribution in [0.5, 0.6) is 0 Å². The average Bonchev–Trinajstić information content (AvgIpc) is 2.57. The van der Waals surface area contributed by atoms with Gasteiger partial charge < -0.3 is 10.3 Å². The van der Waals surface area contributed by atoms with Crippen molar-refractivity contribution < 1.29 is 0 Å². The van der Waals surface area contributed by atoms with E-state index in [1.807, 2.05) is 13.0 Å². The smallest absolute Gasteiger partial charge is 0.109 e. The van der Waals surface area contributed by atoms with E-state index in [9.17, 15) is 0 Å². The highest BCUT2D eigenvalue weighted by molar-refractivity contribution is 5.75. The van der Waals surface area contributed by atoms with E-state index in [4.69, 9.17) is 5.73 Å². The number of nitrogens with zero attached hydrogens (tertiary/aromatic N) is 2. The molecule has 0 fully saturated rings. The number of para-hydroxylation sites is 2. The van der Waals surface area contributed by atoms with Gasteiger partial charge in [0.1, 0.15) is 5.82 Å². The standard InChI is InChI=1S/C13H19N3/c1-3-6-13-15-11-7-4-5-8-12(11)16(13)9-10(2)14/h4-5,7-8,10H,3,6,9,14H2,1-2H3/t10-/m1/s1. The topological polar surface area (TPSA) is 43.8 Å². The summed E-state index contributed by atoms with van der Waals surface area (Å²) in [6, 6.07) is 8.42. The Morgan fingerprint density at radius 3 is 2.81 bits per heavy atom. The summed E-state index contributed by atoms with van der Waals surface area (Å²) in [5.74, 6) is 1.15. The van der Waals surface area contributed by atoms with E-state index in [-0.39, 0.29) is 6.04 Å². The molecule has 1 heterocycles. The number of benzene rings is 1. The first-order chi connectivity index (χ1) is 7.72. The number of hydrogen-bond acceptors (Lipinski definition) is 2. The van der Waals surface area contributed by atoms with Crippen LogP contribution in [-0.2, 0) is 13.0 Å². The van der Waals surface area contributed by atoms with Gasteiger partial charge in [-0.15, -0.1) is 0 Å². The Morgan fingerprint density at radius 1 is 1.38 bits per heavy atom. The molecular formula is C13H19N3. The molecule has 3 nitrogen and oxygen atoms in total. The van der Waals surface area contributed by atoms with Crippen molar-refractivity contribution in [1.29, 1.82) is 0 Å². The van der Waals surface area contributed by atoms with Crippen LogP contribution in [0.1, 0.15) is 26.1 Å². The van der Waals surface area contributed by atoms with Crippen LogP contribution in [0.15, 0.2) is 24.3 Å². The van der Waals surface area contributed by atoms with Crippen molar-refractivity contribution >= 4 is 11.0 Å². The number of fused-ring (bicyclic) bond motifs is 1. The first kappa shape index (κ1) is 11.1. The number of aryl methyl sites for hydroxylation is 1. The van der Waals surface area contributed by atoms with Gasteiger partial charge in [-0.05, 0) is 25.5 Å². The van der Waals surface area contributed by atoms with Gasteiger partial charge in [-0.3, -0.25) is 0 Å². The van der Waals surface area contributed by atoms with Crippen molar-refractivity contribution in [3.8, 4) is 0 Å². The van der Waals surface area contributed by atoms with Gasteiger partial charge >= 0.3 is 0 Å². The zero-order valence-corrected chi connectivity index (χ0v) is 9.98. The average molecular weight is 217 g/mol.